The highest BCUT2D eigenvalue weighted by Gasteiger charge is 2.31. The number of hydrogen-bond donors (Lipinski definition) is 1. The minimum atomic E-state index is 0.0874. The molecule has 2 heterocycles. The Balaban J connectivity index is 1.43. The van der Waals surface area contributed by atoms with E-state index in [1.54, 1.807) is 0 Å². The molecule has 7 nitrogen and oxygen atoms in total. The van der Waals surface area contributed by atoms with Gasteiger partial charge in [-0.25, -0.2) is 0 Å². The maximum absolute atomic E-state index is 12.6. The highest BCUT2D eigenvalue weighted by molar-refractivity contribution is 5.81. The summed E-state index contributed by atoms with van der Waals surface area (Å²) >= 11 is 0. The van der Waals surface area contributed by atoms with E-state index in [9.17, 15) is 9.59 Å². The number of nitrogens with two attached hydrogens (primary N) is 1. The Labute approximate surface area is 144 Å². The minimum absolute atomic E-state index is 0.0874. The van der Waals surface area contributed by atoms with Crippen molar-refractivity contribution in [2.24, 2.45) is 11.7 Å². The lowest BCUT2D eigenvalue weighted by molar-refractivity contribution is -0.143. The average molecular weight is 338 g/mol. The van der Waals surface area contributed by atoms with E-state index >= 15 is 0 Å². The van der Waals surface area contributed by atoms with Gasteiger partial charge in [-0.1, -0.05) is 6.42 Å². The highest BCUT2D eigenvalue weighted by atomic mass is 16.5. The van der Waals surface area contributed by atoms with Crippen molar-refractivity contribution in [2.75, 3.05) is 59.0 Å². The molecule has 3 rings (SSSR count). The molecule has 136 valence electrons. The van der Waals surface area contributed by atoms with Crippen LogP contribution in [0.1, 0.15) is 25.7 Å². The van der Waals surface area contributed by atoms with Crippen LogP contribution in [0, 0.1) is 5.92 Å². The van der Waals surface area contributed by atoms with Crippen molar-refractivity contribution in [3.63, 3.8) is 0 Å². The lowest BCUT2D eigenvalue weighted by Gasteiger charge is -2.38. The van der Waals surface area contributed by atoms with Gasteiger partial charge in [-0.05, 0) is 19.3 Å². The normalized spacial score (nSPS) is 29.5. The van der Waals surface area contributed by atoms with E-state index in [0.717, 1.165) is 38.8 Å². The summed E-state index contributed by atoms with van der Waals surface area (Å²) in [4.78, 5) is 31.0. The van der Waals surface area contributed by atoms with Crippen LogP contribution in [-0.2, 0) is 14.3 Å². The summed E-state index contributed by atoms with van der Waals surface area (Å²) < 4.78 is 5.31. The highest BCUT2D eigenvalue weighted by Crippen LogP contribution is 2.25. The van der Waals surface area contributed by atoms with Gasteiger partial charge in [0.2, 0.25) is 11.8 Å². The van der Waals surface area contributed by atoms with E-state index in [4.69, 9.17) is 10.5 Å². The molecule has 1 aliphatic carbocycles. The maximum atomic E-state index is 12.6. The van der Waals surface area contributed by atoms with Crippen LogP contribution in [0.2, 0.25) is 0 Å². The number of rotatable bonds is 3. The number of morpholine rings is 1. The van der Waals surface area contributed by atoms with Gasteiger partial charge in [0.1, 0.15) is 0 Å². The molecule has 0 spiro atoms. The summed E-state index contributed by atoms with van der Waals surface area (Å²) in [5, 5.41) is 0. The van der Waals surface area contributed by atoms with E-state index in [2.05, 4.69) is 4.90 Å². The van der Waals surface area contributed by atoms with Crippen LogP contribution in [0.5, 0.6) is 0 Å². The predicted molar refractivity (Wildman–Crippen MR) is 90.4 cm³/mol. The average Bonchev–Trinajstić information content (AvgIpc) is 2.62. The fourth-order valence-electron chi connectivity index (χ4n) is 3.94. The van der Waals surface area contributed by atoms with Crippen LogP contribution < -0.4 is 5.73 Å². The van der Waals surface area contributed by atoms with Gasteiger partial charge in [-0.15, -0.1) is 0 Å². The second-order valence-electron chi connectivity index (χ2n) is 7.22. The molecule has 2 atom stereocenters. The van der Waals surface area contributed by atoms with Gasteiger partial charge in [0.05, 0.1) is 19.8 Å². The quantitative estimate of drug-likeness (QED) is 0.751. The first-order valence-corrected chi connectivity index (χ1v) is 9.25. The summed E-state index contributed by atoms with van der Waals surface area (Å²) in [5.41, 5.74) is 6.01. The molecule has 7 heteroatoms. The zero-order valence-electron chi connectivity index (χ0n) is 14.5. The van der Waals surface area contributed by atoms with E-state index < -0.39 is 0 Å². The molecule has 2 N–H and O–H groups in total. The van der Waals surface area contributed by atoms with Gasteiger partial charge in [0.15, 0.2) is 0 Å². The Morgan fingerprint density at radius 1 is 0.958 bits per heavy atom. The fourth-order valence-corrected chi connectivity index (χ4v) is 3.94. The van der Waals surface area contributed by atoms with Gasteiger partial charge >= 0.3 is 0 Å². The van der Waals surface area contributed by atoms with E-state index in [1.165, 1.54) is 0 Å². The zero-order chi connectivity index (χ0) is 16.9. The number of nitrogens with zero attached hydrogens (tertiary/aromatic N) is 3. The standard InChI is InChI=1S/C17H30N4O3/c18-15-3-1-2-14(12-15)17(23)21-6-4-20(5-7-21)16(22)13-19-8-10-24-11-9-19/h14-15H,1-13,18H2. The first-order valence-electron chi connectivity index (χ1n) is 9.25. The second-order valence-corrected chi connectivity index (χ2v) is 7.22. The monoisotopic (exact) mass is 338 g/mol. The largest absolute Gasteiger partial charge is 0.379 e. The smallest absolute Gasteiger partial charge is 0.236 e. The third kappa shape index (κ3) is 4.46. The predicted octanol–water partition coefficient (Wildman–Crippen LogP) is -0.493. The SMILES string of the molecule is NC1CCCC(C(=O)N2CCN(C(=O)CN3CCOCC3)CC2)C1. The third-order valence-corrected chi connectivity index (χ3v) is 5.47. The Bertz CT molecular complexity index is 445. The molecule has 3 aliphatic rings. The molecular formula is C17H30N4O3. The minimum Gasteiger partial charge on any atom is -0.379 e. The number of hydrogen-bond acceptors (Lipinski definition) is 5. The van der Waals surface area contributed by atoms with Gasteiger partial charge < -0.3 is 20.3 Å². The second kappa shape index (κ2) is 8.27. The zero-order valence-corrected chi connectivity index (χ0v) is 14.5. The van der Waals surface area contributed by atoms with Crippen molar-refractivity contribution in [2.45, 2.75) is 31.7 Å². The van der Waals surface area contributed by atoms with Gasteiger partial charge in [0, 0.05) is 51.2 Å². The summed E-state index contributed by atoms with van der Waals surface area (Å²) in [5.74, 6) is 0.499. The molecule has 1 saturated carbocycles. The van der Waals surface area contributed by atoms with Crippen molar-refractivity contribution in [1.82, 2.24) is 14.7 Å². The number of ether oxygens (including phenoxy) is 1. The summed E-state index contributed by atoms with van der Waals surface area (Å²) in [7, 11) is 0. The topological polar surface area (TPSA) is 79.1 Å². The molecular weight excluding hydrogens is 308 g/mol. The Morgan fingerprint density at radius 3 is 2.29 bits per heavy atom. The Kier molecular flexibility index (Phi) is 6.08. The Hall–Kier alpha value is -1.18. The van der Waals surface area contributed by atoms with E-state index in [1.807, 2.05) is 9.80 Å². The summed E-state index contributed by atoms with van der Waals surface area (Å²) in [6.45, 7) is 6.13. The summed E-state index contributed by atoms with van der Waals surface area (Å²) in [6, 6.07) is 0.170. The number of piperazine rings is 1. The first kappa shape index (κ1) is 17.6. The van der Waals surface area contributed by atoms with E-state index in [-0.39, 0.29) is 23.8 Å². The third-order valence-electron chi connectivity index (χ3n) is 5.47. The molecule has 2 amide bonds. The van der Waals surface area contributed by atoms with Crippen molar-refractivity contribution in [3.8, 4) is 0 Å². The van der Waals surface area contributed by atoms with Gasteiger partial charge in [-0.3, -0.25) is 14.5 Å². The van der Waals surface area contributed by atoms with Crippen LogP contribution in [0.25, 0.3) is 0 Å². The fraction of sp³-hybridized carbons (Fsp3) is 0.882. The van der Waals surface area contributed by atoms with Crippen molar-refractivity contribution in [1.29, 1.82) is 0 Å². The van der Waals surface area contributed by atoms with Crippen LogP contribution in [0.15, 0.2) is 0 Å². The van der Waals surface area contributed by atoms with Crippen LogP contribution in [-0.4, -0.2) is 91.6 Å². The summed E-state index contributed by atoms with van der Waals surface area (Å²) in [6.07, 6.45) is 3.86. The van der Waals surface area contributed by atoms with Crippen molar-refractivity contribution < 1.29 is 14.3 Å². The molecule has 0 aromatic carbocycles. The van der Waals surface area contributed by atoms with Crippen LogP contribution in [0.4, 0.5) is 0 Å². The lowest BCUT2D eigenvalue weighted by Crippen LogP contribution is -2.54. The van der Waals surface area contributed by atoms with Crippen molar-refractivity contribution in [3.05, 3.63) is 0 Å². The Morgan fingerprint density at radius 2 is 1.62 bits per heavy atom. The molecule has 0 aromatic heterocycles. The van der Waals surface area contributed by atoms with Gasteiger partial charge in [0.25, 0.3) is 0 Å². The molecule has 2 unspecified atom stereocenters. The molecule has 0 radical (unpaired) electrons. The van der Waals surface area contributed by atoms with Crippen molar-refractivity contribution >= 4 is 11.8 Å². The molecule has 0 aromatic rings. The number of amides is 2. The molecule has 2 aliphatic heterocycles. The molecule has 3 fully saturated rings. The number of carbonyl (C=O) groups excluding carboxylic acids is 2. The van der Waals surface area contributed by atoms with Crippen LogP contribution >= 0.6 is 0 Å². The lowest BCUT2D eigenvalue weighted by atomic mass is 9.85. The molecule has 0 bridgehead atoms. The molecule has 2 saturated heterocycles. The van der Waals surface area contributed by atoms with Gasteiger partial charge in [-0.2, -0.15) is 0 Å². The first-order chi connectivity index (χ1) is 11.6. The number of carbonyl (C=O) groups is 2. The van der Waals surface area contributed by atoms with Crippen LogP contribution in [0.3, 0.4) is 0 Å². The van der Waals surface area contributed by atoms with E-state index in [0.29, 0.717) is 45.9 Å². The maximum Gasteiger partial charge on any atom is 0.236 e. The molecule has 24 heavy (non-hydrogen) atoms.